The molecule has 44 heavy (non-hydrogen) atoms. The Morgan fingerprint density at radius 3 is 1.91 bits per heavy atom. The molecular formula is C31H32N4O9. The van der Waals surface area contributed by atoms with Crippen molar-refractivity contribution in [3.8, 4) is 11.6 Å². The van der Waals surface area contributed by atoms with Gasteiger partial charge in [0.25, 0.3) is 5.56 Å². The summed E-state index contributed by atoms with van der Waals surface area (Å²) in [4.78, 5) is 72.1. The highest BCUT2D eigenvalue weighted by atomic mass is 16.5. The van der Waals surface area contributed by atoms with E-state index in [9.17, 15) is 24.0 Å². The number of rotatable bonds is 8. The second-order valence-electron chi connectivity index (χ2n) is 9.26. The van der Waals surface area contributed by atoms with Crippen LogP contribution in [-0.2, 0) is 19.4 Å². The Labute approximate surface area is 250 Å². The molecule has 0 bridgehead atoms. The molecule has 5 rings (SSSR count). The molecule has 4 aromatic heterocycles. The number of methoxy groups -OCH3 is 1. The number of hydrogen-bond acceptors (Lipinski definition) is 12. The molecule has 0 aliphatic carbocycles. The van der Waals surface area contributed by atoms with Crippen molar-refractivity contribution in [2.45, 2.75) is 54.6 Å². The lowest BCUT2D eigenvalue weighted by Crippen LogP contribution is -2.17. The van der Waals surface area contributed by atoms with Gasteiger partial charge in [0.1, 0.15) is 23.1 Å². The summed E-state index contributed by atoms with van der Waals surface area (Å²) in [6.45, 7) is 6.56. The van der Waals surface area contributed by atoms with Crippen LogP contribution in [0, 0.1) is 0 Å². The Bertz CT molecular complexity index is 2010. The largest absolute Gasteiger partial charge is 0.497 e. The first-order valence-electron chi connectivity index (χ1n) is 13.2. The molecule has 0 aliphatic rings. The van der Waals surface area contributed by atoms with E-state index >= 15 is 0 Å². The average Bonchev–Trinajstić information content (AvgIpc) is 2.98. The van der Waals surface area contributed by atoms with E-state index in [2.05, 4.69) is 19.9 Å². The van der Waals surface area contributed by atoms with Crippen molar-refractivity contribution in [3.05, 3.63) is 95.9 Å². The van der Waals surface area contributed by atoms with E-state index in [0.29, 0.717) is 29.4 Å². The maximum Gasteiger partial charge on any atom is 0.337 e. The van der Waals surface area contributed by atoms with Gasteiger partial charge in [0, 0.05) is 26.0 Å². The molecule has 230 valence electrons. The third kappa shape index (κ3) is 7.30. The van der Waals surface area contributed by atoms with Crippen LogP contribution >= 0.6 is 0 Å². The standard InChI is InChI=1S/C19H18N2O5.C11H10N2O4.CH4/c1-4-13-9-15(23)26-19-16(13)18(20-17(21-19)11(2)22)25-10-12-5-7-14(24-3)8-6-12;1-3-6-4-7(15)17-11-8(6)10(16)12-9(13-11)5(2)14;/h5-9H,4,10H2,1-3H3;4H,3H2,1-2H3,(H,12,13,16);1H4. The van der Waals surface area contributed by atoms with Gasteiger partial charge in [-0.1, -0.05) is 33.4 Å². The van der Waals surface area contributed by atoms with Crippen LogP contribution in [0.3, 0.4) is 0 Å². The van der Waals surface area contributed by atoms with E-state index in [0.717, 1.165) is 11.3 Å². The summed E-state index contributed by atoms with van der Waals surface area (Å²) < 4.78 is 21.0. The molecule has 0 amide bonds. The molecule has 1 N–H and O–H groups in total. The Balaban J connectivity index is 0.000000256. The Kier molecular flexibility index (Phi) is 10.6. The molecule has 13 heteroatoms. The maximum absolute atomic E-state index is 11.8. The summed E-state index contributed by atoms with van der Waals surface area (Å²) in [7, 11) is 1.60. The summed E-state index contributed by atoms with van der Waals surface area (Å²) in [5, 5.41) is 0.725. The van der Waals surface area contributed by atoms with Gasteiger partial charge in [0.05, 0.1) is 7.11 Å². The number of nitrogens with one attached hydrogen (secondary N) is 1. The van der Waals surface area contributed by atoms with Crippen molar-refractivity contribution in [1.82, 2.24) is 19.9 Å². The smallest absolute Gasteiger partial charge is 0.337 e. The number of ketones is 2. The number of carbonyl (C=O) groups is 2. The number of H-pyrrole nitrogens is 1. The molecule has 0 fully saturated rings. The number of aryl methyl sites for hydroxylation is 2. The lowest BCUT2D eigenvalue weighted by Gasteiger charge is -2.11. The Hall–Kier alpha value is -5.46. The van der Waals surface area contributed by atoms with Crippen LogP contribution in [0.5, 0.6) is 11.6 Å². The molecular weight excluding hydrogens is 572 g/mol. The van der Waals surface area contributed by atoms with E-state index in [4.69, 9.17) is 18.3 Å². The molecule has 0 radical (unpaired) electrons. The quantitative estimate of drug-likeness (QED) is 0.249. The predicted molar refractivity (Wildman–Crippen MR) is 162 cm³/mol. The van der Waals surface area contributed by atoms with Crippen molar-refractivity contribution in [1.29, 1.82) is 0 Å². The van der Waals surface area contributed by atoms with Crippen LogP contribution in [0.2, 0.25) is 0 Å². The third-order valence-electron chi connectivity index (χ3n) is 6.29. The highest BCUT2D eigenvalue weighted by molar-refractivity contribution is 5.93. The van der Waals surface area contributed by atoms with E-state index in [1.165, 1.54) is 26.0 Å². The van der Waals surface area contributed by atoms with Crippen LogP contribution in [0.25, 0.3) is 22.2 Å². The van der Waals surface area contributed by atoms with Gasteiger partial charge in [-0.2, -0.15) is 15.0 Å². The fraction of sp³-hybridized carbons (Fsp3) is 0.290. The number of ether oxygens (including phenoxy) is 2. The van der Waals surface area contributed by atoms with Gasteiger partial charge in [0.2, 0.25) is 23.1 Å². The molecule has 0 saturated heterocycles. The van der Waals surface area contributed by atoms with E-state index in [1.807, 2.05) is 38.1 Å². The van der Waals surface area contributed by atoms with Crippen LogP contribution in [0.1, 0.15) is 73.0 Å². The Morgan fingerprint density at radius 1 is 0.818 bits per heavy atom. The molecule has 0 unspecified atom stereocenters. The number of hydrogen-bond donors (Lipinski definition) is 1. The minimum atomic E-state index is -0.582. The van der Waals surface area contributed by atoms with E-state index in [1.54, 1.807) is 7.11 Å². The summed E-state index contributed by atoms with van der Waals surface area (Å²) in [6, 6.07) is 10.0. The SMILES string of the molecule is C.CCc1cc(=O)oc2nc(C(C)=O)[nH]c(=O)c12.CCc1cc(=O)oc2nc(C(C)=O)nc(OCc3ccc(OC)cc3)c12. The monoisotopic (exact) mass is 604 g/mol. The summed E-state index contributed by atoms with van der Waals surface area (Å²) in [5.41, 5.74) is 0.544. The van der Waals surface area contributed by atoms with Gasteiger partial charge < -0.3 is 23.3 Å². The number of Topliss-reactive ketones (excluding diaryl/α,β-unsaturated/α-hetero) is 2. The number of benzene rings is 1. The molecule has 1 aromatic carbocycles. The summed E-state index contributed by atoms with van der Waals surface area (Å²) >= 11 is 0. The topological polar surface area (TPSA) is 185 Å². The summed E-state index contributed by atoms with van der Waals surface area (Å²) in [5.74, 6) is 0.0589. The zero-order valence-electron chi connectivity index (χ0n) is 24.1. The number of aromatic amines is 1. The summed E-state index contributed by atoms with van der Waals surface area (Å²) in [6.07, 6.45) is 1.08. The average molecular weight is 605 g/mol. The first-order valence-corrected chi connectivity index (χ1v) is 13.2. The van der Waals surface area contributed by atoms with Crippen molar-refractivity contribution in [3.63, 3.8) is 0 Å². The lowest BCUT2D eigenvalue weighted by atomic mass is 10.1. The highest BCUT2D eigenvalue weighted by Crippen LogP contribution is 2.27. The zero-order chi connectivity index (χ0) is 31.3. The third-order valence-corrected chi connectivity index (χ3v) is 6.29. The first kappa shape index (κ1) is 33.0. The maximum atomic E-state index is 11.8. The fourth-order valence-corrected chi connectivity index (χ4v) is 4.12. The molecule has 5 aromatic rings. The minimum Gasteiger partial charge on any atom is -0.497 e. The lowest BCUT2D eigenvalue weighted by molar-refractivity contribution is 0.0995. The highest BCUT2D eigenvalue weighted by Gasteiger charge is 2.18. The molecule has 0 atom stereocenters. The number of aromatic nitrogens is 4. The van der Waals surface area contributed by atoms with Gasteiger partial charge in [0.15, 0.2) is 17.4 Å². The van der Waals surface area contributed by atoms with Crippen molar-refractivity contribution in [2.24, 2.45) is 0 Å². The number of carbonyl (C=O) groups excluding carboxylic acids is 2. The van der Waals surface area contributed by atoms with Gasteiger partial charge in [-0.3, -0.25) is 14.4 Å². The predicted octanol–water partition coefficient (Wildman–Crippen LogP) is 4.21. The van der Waals surface area contributed by atoms with E-state index in [-0.39, 0.29) is 54.2 Å². The van der Waals surface area contributed by atoms with Crippen molar-refractivity contribution >= 4 is 33.8 Å². The van der Waals surface area contributed by atoms with Gasteiger partial charge in [-0.15, -0.1) is 0 Å². The second-order valence-corrected chi connectivity index (χ2v) is 9.26. The molecule has 0 aliphatic heterocycles. The van der Waals surface area contributed by atoms with Crippen molar-refractivity contribution < 1.29 is 27.9 Å². The van der Waals surface area contributed by atoms with Crippen LogP contribution in [-0.4, -0.2) is 38.6 Å². The molecule has 13 nitrogen and oxygen atoms in total. The van der Waals surface area contributed by atoms with Crippen LogP contribution < -0.4 is 26.3 Å². The normalized spacial score (nSPS) is 10.5. The molecule has 0 saturated carbocycles. The Morgan fingerprint density at radius 2 is 1.39 bits per heavy atom. The van der Waals surface area contributed by atoms with Crippen LogP contribution in [0.4, 0.5) is 0 Å². The van der Waals surface area contributed by atoms with Crippen LogP contribution in [0.15, 0.2) is 59.6 Å². The first-order chi connectivity index (χ1) is 20.5. The van der Waals surface area contributed by atoms with Gasteiger partial charge in [-0.25, -0.2) is 9.59 Å². The minimum absolute atomic E-state index is 0. The van der Waals surface area contributed by atoms with Crippen molar-refractivity contribution in [2.75, 3.05) is 7.11 Å². The number of nitrogens with zero attached hydrogens (tertiary/aromatic N) is 3. The number of fused-ring (bicyclic) bond motifs is 2. The molecule has 4 heterocycles. The second kappa shape index (κ2) is 14.1. The van der Waals surface area contributed by atoms with Gasteiger partial charge in [-0.05, 0) is 41.7 Å². The van der Waals surface area contributed by atoms with Gasteiger partial charge >= 0.3 is 11.3 Å². The van der Waals surface area contributed by atoms with E-state index < -0.39 is 22.6 Å². The molecule has 0 spiro atoms. The zero-order valence-corrected chi connectivity index (χ0v) is 24.1. The fourth-order valence-electron chi connectivity index (χ4n) is 4.12.